The van der Waals surface area contributed by atoms with Gasteiger partial charge in [0.15, 0.2) is 0 Å². The normalized spacial score (nSPS) is 22.8. The van der Waals surface area contributed by atoms with Crippen molar-refractivity contribution in [2.24, 2.45) is 5.41 Å². The highest BCUT2D eigenvalue weighted by molar-refractivity contribution is 5.96. The van der Waals surface area contributed by atoms with Gasteiger partial charge >= 0.3 is 0 Å². The lowest BCUT2D eigenvalue weighted by Crippen LogP contribution is -2.24. The molecule has 20 heavy (non-hydrogen) atoms. The fourth-order valence-corrected chi connectivity index (χ4v) is 3.63. The van der Waals surface area contributed by atoms with Gasteiger partial charge in [0.1, 0.15) is 0 Å². The monoisotopic (exact) mass is 273 g/mol. The van der Waals surface area contributed by atoms with E-state index in [9.17, 15) is 9.90 Å². The molecule has 1 aromatic rings. The first kappa shape index (κ1) is 13.6. The van der Waals surface area contributed by atoms with Crippen LogP contribution in [0.3, 0.4) is 0 Å². The van der Waals surface area contributed by atoms with Gasteiger partial charge < -0.3 is 10.4 Å². The largest absolute Gasteiger partial charge is 0.388 e. The average Bonchev–Trinajstić information content (AvgIpc) is 2.82. The van der Waals surface area contributed by atoms with Crippen LogP contribution in [0.15, 0.2) is 18.2 Å². The van der Waals surface area contributed by atoms with Crippen molar-refractivity contribution < 1.29 is 9.90 Å². The van der Waals surface area contributed by atoms with E-state index in [0.717, 1.165) is 48.9 Å². The van der Waals surface area contributed by atoms with Gasteiger partial charge in [0.2, 0.25) is 0 Å². The first-order valence-electron chi connectivity index (χ1n) is 7.69. The van der Waals surface area contributed by atoms with E-state index in [1.54, 1.807) is 0 Å². The molecule has 0 bridgehead atoms. The summed E-state index contributed by atoms with van der Waals surface area (Å²) in [7, 11) is 0. The zero-order valence-electron chi connectivity index (χ0n) is 12.1. The maximum atomic E-state index is 12.1. The molecule has 2 N–H and O–H groups in total. The summed E-state index contributed by atoms with van der Waals surface area (Å²) in [5.41, 5.74) is 2.72. The Morgan fingerprint density at radius 3 is 2.75 bits per heavy atom. The number of hydrogen-bond donors (Lipinski definition) is 2. The predicted molar refractivity (Wildman–Crippen MR) is 78.6 cm³/mol. The van der Waals surface area contributed by atoms with Gasteiger partial charge in [0.25, 0.3) is 5.91 Å². The second kappa shape index (κ2) is 5.21. The molecule has 1 aromatic carbocycles. The number of aliphatic hydroxyl groups is 1. The third kappa shape index (κ3) is 2.35. The molecule has 1 amide bonds. The first-order chi connectivity index (χ1) is 9.60. The molecule has 0 saturated heterocycles. The van der Waals surface area contributed by atoms with E-state index >= 15 is 0 Å². The summed E-state index contributed by atoms with van der Waals surface area (Å²) < 4.78 is 0. The number of nitrogens with one attached hydrogen (secondary N) is 1. The highest BCUT2D eigenvalue weighted by Gasteiger charge is 2.37. The van der Waals surface area contributed by atoms with Crippen LogP contribution in [0.2, 0.25) is 0 Å². The van der Waals surface area contributed by atoms with Crippen LogP contribution in [0, 0.1) is 5.41 Å². The molecule has 1 aliphatic heterocycles. The Morgan fingerprint density at radius 2 is 2.00 bits per heavy atom. The Morgan fingerprint density at radius 1 is 1.25 bits per heavy atom. The summed E-state index contributed by atoms with van der Waals surface area (Å²) in [6.45, 7) is 2.90. The van der Waals surface area contributed by atoms with Gasteiger partial charge in [-0.25, -0.2) is 0 Å². The molecule has 0 spiro atoms. The number of fused-ring (bicyclic) bond motifs is 1. The second-order valence-corrected chi connectivity index (χ2v) is 6.54. The maximum absolute atomic E-state index is 12.1. The van der Waals surface area contributed by atoms with Crippen LogP contribution in [0.4, 0.5) is 0 Å². The molecule has 1 fully saturated rings. The van der Waals surface area contributed by atoms with E-state index in [0.29, 0.717) is 0 Å². The summed E-state index contributed by atoms with van der Waals surface area (Å²) >= 11 is 0. The number of carbonyl (C=O) groups excluding carboxylic acids is 1. The Kier molecular flexibility index (Phi) is 3.55. The molecule has 1 saturated carbocycles. The van der Waals surface area contributed by atoms with Crippen LogP contribution >= 0.6 is 0 Å². The topological polar surface area (TPSA) is 49.3 Å². The smallest absolute Gasteiger partial charge is 0.251 e. The van der Waals surface area contributed by atoms with Crippen molar-refractivity contribution in [3.05, 3.63) is 34.9 Å². The fourth-order valence-electron chi connectivity index (χ4n) is 3.63. The van der Waals surface area contributed by atoms with Crippen molar-refractivity contribution in [1.29, 1.82) is 0 Å². The quantitative estimate of drug-likeness (QED) is 0.870. The number of benzene rings is 1. The van der Waals surface area contributed by atoms with E-state index in [-0.39, 0.29) is 11.3 Å². The van der Waals surface area contributed by atoms with Crippen LogP contribution in [0.25, 0.3) is 0 Å². The summed E-state index contributed by atoms with van der Waals surface area (Å²) in [5.74, 6) is 0.00289. The van der Waals surface area contributed by atoms with Crippen LogP contribution in [-0.2, 0) is 6.42 Å². The maximum Gasteiger partial charge on any atom is 0.251 e. The average molecular weight is 273 g/mol. The number of carbonyl (C=O) groups is 1. The molecular weight excluding hydrogens is 250 g/mol. The Bertz CT molecular complexity index is 518. The van der Waals surface area contributed by atoms with Gasteiger partial charge in [-0.05, 0) is 48.3 Å². The SMILES string of the molecule is CC1(C(O)c2ccc3c(c2)C(=O)NCCC3)CCCC1. The van der Waals surface area contributed by atoms with Gasteiger partial charge in [0.05, 0.1) is 6.10 Å². The highest BCUT2D eigenvalue weighted by Crippen LogP contribution is 2.47. The van der Waals surface area contributed by atoms with Gasteiger partial charge in [-0.15, -0.1) is 0 Å². The van der Waals surface area contributed by atoms with E-state index in [1.807, 2.05) is 18.2 Å². The lowest BCUT2D eigenvalue weighted by atomic mass is 9.78. The number of rotatable bonds is 2. The lowest BCUT2D eigenvalue weighted by molar-refractivity contribution is 0.0407. The molecular formula is C17H23NO2. The molecule has 1 unspecified atom stereocenters. The molecule has 2 aliphatic rings. The van der Waals surface area contributed by atoms with Crippen molar-refractivity contribution >= 4 is 5.91 Å². The van der Waals surface area contributed by atoms with Crippen LogP contribution in [0.5, 0.6) is 0 Å². The van der Waals surface area contributed by atoms with E-state index in [1.165, 1.54) is 12.8 Å². The summed E-state index contributed by atoms with van der Waals surface area (Å²) in [6.07, 6.45) is 5.97. The van der Waals surface area contributed by atoms with Crippen LogP contribution in [0.1, 0.15) is 66.6 Å². The Hall–Kier alpha value is -1.35. The summed E-state index contributed by atoms with van der Waals surface area (Å²) in [6, 6.07) is 5.94. The lowest BCUT2D eigenvalue weighted by Gasteiger charge is -2.30. The van der Waals surface area contributed by atoms with Crippen molar-refractivity contribution in [2.75, 3.05) is 6.54 Å². The minimum absolute atomic E-state index is 0.00289. The molecule has 3 heteroatoms. The number of hydrogen-bond acceptors (Lipinski definition) is 2. The summed E-state index contributed by atoms with van der Waals surface area (Å²) in [4.78, 5) is 12.1. The first-order valence-corrected chi connectivity index (χ1v) is 7.69. The van der Waals surface area contributed by atoms with Crippen LogP contribution in [-0.4, -0.2) is 17.6 Å². The van der Waals surface area contributed by atoms with Gasteiger partial charge in [-0.3, -0.25) is 4.79 Å². The molecule has 1 aliphatic carbocycles. The summed E-state index contributed by atoms with van der Waals surface area (Å²) in [5, 5.41) is 13.6. The van der Waals surface area contributed by atoms with Crippen LogP contribution < -0.4 is 5.32 Å². The molecule has 0 aromatic heterocycles. The van der Waals surface area contributed by atoms with Crippen molar-refractivity contribution in [1.82, 2.24) is 5.32 Å². The second-order valence-electron chi connectivity index (χ2n) is 6.54. The molecule has 108 valence electrons. The number of aryl methyl sites for hydroxylation is 1. The van der Waals surface area contributed by atoms with Crippen molar-refractivity contribution in [3.63, 3.8) is 0 Å². The van der Waals surface area contributed by atoms with E-state index in [2.05, 4.69) is 12.2 Å². The molecule has 0 radical (unpaired) electrons. The zero-order chi connectivity index (χ0) is 14.2. The predicted octanol–water partition coefficient (Wildman–Crippen LogP) is 2.98. The van der Waals surface area contributed by atoms with Gasteiger partial charge in [-0.1, -0.05) is 31.9 Å². The minimum atomic E-state index is -0.466. The zero-order valence-corrected chi connectivity index (χ0v) is 12.1. The van der Waals surface area contributed by atoms with Gasteiger partial charge in [-0.2, -0.15) is 0 Å². The molecule has 3 nitrogen and oxygen atoms in total. The van der Waals surface area contributed by atoms with E-state index in [4.69, 9.17) is 0 Å². The third-order valence-electron chi connectivity index (χ3n) is 5.01. The number of amides is 1. The molecule has 3 rings (SSSR count). The third-order valence-corrected chi connectivity index (χ3v) is 5.01. The minimum Gasteiger partial charge on any atom is -0.388 e. The highest BCUT2D eigenvalue weighted by atomic mass is 16.3. The molecule has 1 atom stereocenters. The Labute approximate surface area is 120 Å². The fraction of sp³-hybridized carbons (Fsp3) is 0.588. The van der Waals surface area contributed by atoms with Gasteiger partial charge in [0, 0.05) is 12.1 Å². The standard InChI is InChI=1S/C17H23NO2/c1-17(8-2-3-9-17)15(19)13-7-6-12-5-4-10-18-16(20)14(12)11-13/h6-7,11,15,19H,2-5,8-10H2,1H3,(H,18,20). The van der Waals surface area contributed by atoms with E-state index < -0.39 is 6.10 Å². The Balaban J connectivity index is 1.93. The number of aliphatic hydroxyl groups excluding tert-OH is 1. The van der Waals surface area contributed by atoms with Crippen molar-refractivity contribution in [3.8, 4) is 0 Å². The molecule has 1 heterocycles. The van der Waals surface area contributed by atoms with Crippen molar-refractivity contribution in [2.45, 2.75) is 51.6 Å².